The van der Waals surface area contributed by atoms with Crippen molar-refractivity contribution in [3.05, 3.63) is 70.5 Å². The van der Waals surface area contributed by atoms with E-state index in [0.29, 0.717) is 16.3 Å². The summed E-state index contributed by atoms with van der Waals surface area (Å²) in [6.45, 7) is 3.73. The van der Waals surface area contributed by atoms with E-state index in [1.807, 2.05) is 12.1 Å². The molecule has 2 heterocycles. The molecule has 0 bridgehead atoms. The molecule has 1 aromatic heterocycles. The molecule has 1 fully saturated rings. The zero-order valence-corrected chi connectivity index (χ0v) is 17.3. The molecule has 1 aliphatic heterocycles. The Bertz CT molecular complexity index is 965. The lowest BCUT2D eigenvalue weighted by Crippen LogP contribution is -2.44. The molecule has 0 atom stereocenters. The number of aromatic nitrogens is 1. The first kappa shape index (κ1) is 21.7. The van der Waals surface area contributed by atoms with Crippen molar-refractivity contribution >= 4 is 41.1 Å². The lowest BCUT2D eigenvalue weighted by atomic mass is 10.1. The van der Waals surface area contributed by atoms with Gasteiger partial charge in [-0.05, 0) is 55.1 Å². The number of amides is 1. The third-order valence-electron chi connectivity index (χ3n) is 4.79. The normalized spacial score (nSPS) is 15.1. The predicted octanol–water partition coefficient (Wildman–Crippen LogP) is 2.90. The van der Waals surface area contributed by atoms with E-state index in [4.69, 9.17) is 16.8 Å². The Morgan fingerprint density at radius 1 is 1.10 bits per heavy atom. The second-order valence-electron chi connectivity index (χ2n) is 7.01. The van der Waals surface area contributed by atoms with Gasteiger partial charge in [0, 0.05) is 54.7 Å². The number of anilines is 1. The quantitative estimate of drug-likeness (QED) is 0.320. The topological polar surface area (TPSA) is 85.8 Å². The first-order valence-corrected chi connectivity index (χ1v) is 9.87. The number of nitrogens with zero attached hydrogens (tertiary/aromatic N) is 3. The second kappa shape index (κ2) is 10.2. The summed E-state index contributed by atoms with van der Waals surface area (Å²) in [5.41, 5.74) is 4.30. The van der Waals surface area contributed by atoms with Gasteiger partial charge in [-0.2, -0.15) is 0 Å². The van der Waals surface area contributed by atoms with Gasteiger partial charge in [0.05, 0.1) is 5.69 Å². The van der Waals surface area contributed by atoms with Gasteiger partial charge in [-0.15, -0.1) is 0 Å². The van der Waals surface area contributed by atoms with Crippen LogP contribution in [0.2, 0.25) is 5.02 Å². The van der Waals surface area contributed by atoms with Crippen molar-refractivity contribution in [2.24, 2.45) is 0 Å². The smallest absolute Gasteiger partial charge is 0.267 e. The van der Waals surface area contributed by atoms with E-state index in [9.17, 15) is 9.59 Å². The first-order valence-electron chi connectivity index (χ1n) is 9.49. The molecule has 1 aromatic carbocycles. The summed E-state index contributed by atoms with van der Waals surface area (Å²) >= 11 is 6.27. The van der Waals surface area contributed by atoms with Crippen LogP contribution < -0.4 is 10.4 Å². The number of ketones is 1. The average Bonchev–Trinajstić information content (AvgIpc) is 2.76. The van der Waals surface area contributed by atoms with E-state index in [1.165, 1.54) is 23.7 Å². The fraction of sp³-hybridized carbons (Fsp3) is 0.227. The Morgan fingerprint density at radius 3 is 2.53 bits per heavy atom. The molecule has 1 saturated heterocycles. The van der Waals surface area contributed by atoms with Gasteiger partial charge in [0.1, 0.15) is 0 Å². The highest BCUT2D eigenvalue weighted by atomic mass is 35.5. The highest BCUT2D eigenvalue weighted by Crippen LogP contribution is 2.24. The maximum Gasteiger partial charge on any atom is 0.267 e. The number of hydroxylamine groups is 1. The molecule has 1 aliphatic rings. The number of piperazine rings is 1. The number of allylic oxidation sites excluding steroid dienone is 1. The van der Waals surface area contributed by atoms with E-state index in [1.54, 1.807) is 30.5 Å². The van der Waals surface area contributed by atoms with Crippen LogP contribution in [0.4, 0.5) is 5.69 Å². The van der Waals surface area contributed by atoms with Crippen molar-refractivity contribution in [1.82, 2.24) is 15.4 Å². The van der Waals surface area contributed by atoms with Gasteiger partial charge in [-0.3, -0.25) is 19.8 Å². The number of carbonyl (C=O) groups is 2. The van der Waals surface area contributed by atoms with Crippen LogP contribution >= 0.6 is 11.6 Å². The van der Waals surface area contributed by atoms with Crippen LogP contribution in [-0.4, -0.2) is 60.0 Å². The molecule has 0 saturated carbocycles. The number of benzene rings is 1. The van der Waals surface area contributed by atoms with Crippen molar-refractivity contribution < 1.29 is 14.8 Å². The van der Waals surface area contributed by atoms with Crippen LogP contribution in [-0.2, 0) is 4.79 Å². The lowest BCUT2D eigenvalue weighted by molar-refractivity contribution is -0.124. The standard InChI is InChI=1S/C22H23ClN4O3/c1-26-8-10-27(11-9-26)20-13-17(12-18(23)14-20)21(28)6-3-16-2-4-19(24-15-16)5-7-22(29)25-30/h2-7,12-15,30H,8-11H2,1H3,(H,25,29)/b6-3+,7-5+. The van der Waals surface area contributed by atoms with Crippen LogP contribution in [0.1, 0.15) is 21.6 Å². The summed E-state index contributed by atoms with van der Waals surface area (Å²) in [4.78, 5) is 32.3. The number of hydrogen-bond donors (Lipinski definition) is 2. The lowest BCUT2D eigenvalue weighted by Gasteiger charge is -2.34. The highest BCUT2D eigenvalue weighted by molar-refractivity contribution is 6.31. The van der Waals surface area contributed by atoms with E-state index >= 15 is 0 Å². The SMILES string of the molecule is CN1CCN(c2cc(Cl)cc(C(=O)/C=C/c3ccc(/C=C/C(=O)NO)nc3)c2)CC1. The molecule has 0 aliphatic carbocycles. The zero-order valence-electron chi connectivity index (χ0n) is 16.6. The third-order valence-corrected chi connectivity index (χ3v) is 5.01. The number of halogens is 1. The van der Waals surface area contributed by atoms with Gasteiger partial charge in [0.25, 0.3) is 5.91 Å². The minimum absolute atomic E-state index is 0.142. The molecule has 8 heteroatoms. The maximum absolute atomic E-state index is 12.7. The number of nitrogens with one attached hydrogen (secondary N) is 1. The monoisotopic (exact) mass is 426 g/mol. The molecule has 0 radical (unpaired) electrons. The average molecular weight is 427 g/mol. The Balaban J connectivity index is 1.69. The predicted molar refractivity (Wildman–Crippen MR) is 118 cm³/mol. The maximum atomic E-state index is 12.7. The molecule has 3 rings (SSSR count). The van der Waals surface area contributed by atoms with E-state index < -0.39 is 5.91 Å². The van der Waals surface area contributed by atoms with Crippen molar-refractivity contribution in [1.29, 1.82) is 0 Å². The van der Waals surface area contributed by atoms with Gasteiger partial charge < -0.3 is 9.80 Å². The summed E-state index contributed by atoms with van der Waals surface area (Å²) in [7, 11) is 2.10. The molecule has 156 valence electrons. The Kier molecular flexibility index (Phi) is 7.35. The number of likely N-dealkylation sites (N-methyl/N-ethyl adjacent to an activating group) is 1. The zero-order chi connectivity index (χ0) is 21.5. The number of carbonyl (C=O) groups excluding carboxylic acids is 2. The van der Waals surface area contributed by atoms with Crippen LogP contribution in [0.25, 0.3) is 12.2 Å². The molecule has 0 unspecified atom stereocenters. The molecule has 2 aromatic rings. The summed E-state index contributed by atoms with van der Waals surface area (Å²) in [5, 5.41) is 9.00. The van der Waals surface area contributed by atoms with Crippen molar-refractivity contribution in [3.8, 4) is 0 Å². The fourth-order valence-electron chi connectivity index (χ4n) is 3.04. The Morgan fingerprint density at radius 2 is 1.87 bits per heavy atom. The summed E-state index contributed by atoms with van der Waals surface area (Å²) in [6, 6.07) is 8.92. The summed E-state index contributed by atoms with van der Waals surface area (Å²) < 4.78 is 0. The Hall–Kier alpha value is -3.00. The minimum atomic E-state index is -0.635. The van der Waals surface area contributed by atoms with Gasteiger partial charge in [0.2, 0.25) is 0 Å². The molecule has 2 N–H and O–H groups in total. The van der Waals surface area contributed by atoms with Crippen molar-refractivity contribution in [2.45, 2.75) is 0 Å². The van der Waals surface area contributed by atoms with Crippen molar-refractivity contribution in [3.63, 3.8) is 0 Å². The number of hydrogen-bond acceptors (Lipinski definition) is 6. The molecule has 1 amide bonds. The van der Waals surface area contributed by atoms with E-state index in [2.05, 4.69) is 21.8 Å². The first-order chi connectivity index (χ1) is 14.4. The number of pyridine rings is 1. The third kappa shape index (κ3) is 6.00. The minimum Gasteiger partial charge on any atom is -0.369 e. The molecule has 7 nitrogen and oxygen atoms in total. The second-order valence-corrected chi connectivity index (χ2v) is 7.45. The molecule has 0 spiro atoms. The number of rotatable bonds is 6. The van der Waals surface area contributed by atoms with Crippen LogP contribution in [0, 0.1) is 0 Å². The van der Waals surface area contributed by atoms with Gasteiger partial charge >= 0.3 is 0 Å². The largest absolute Gasteiger partial charge is 0.369 e. The summed E-state index contributed by atoms with van der Waals surface area (Å²) in [5.74, 6) is -0.777. The van der Waals surface area contributed by atoms with E-state index in [0.717, 1.165) is 37.4 Å². The van der Waals surface area contributed by atoms with Gasteiger partial charge in [-0.1, -0.05) is 17.7 Å². The van der Waals surface area contributed by atoms with Crippen LogP contribution in [0.5, 0.6) is 0 Å². The van der Waals surface area contributed by atoms with E-state index in [-0.39, 0.29) is 5.78 Å². The summed E-state index contributed by atoms with van der Waals surface area (Å²) in [6.07, 6.45) is 7.40. The highest BCUT2D eigenvalue weighted by Gasteiger charge is 2.16. The molecule has 30 heavy (non-hydrogen) atoms. The fourth-order valence-corrected chi connectivity index (χ4v) is 3.27. The van der Waals surface area contributed by atoms with Gasteiger partial charge in [0.15, 0.2) is 5.78 Å². The van der Waals surface area contributed by atoms with Crippen LogP contribution in [0.15, 0.2) is 48.7 Å². The molecular formula is C22H23ClN4O3. The molecular weight excluding hydrogens is 404 g/mol. The van der Waals surface area contributed by atoms with Crippen LogP contribution in [0.3, 0.4) is 0 Å². The van der Waals surface area contributed by atoms with Crippen molar-refractivity contribution in [2.75, 3.05) is 38.1 Å². The Labute approximate surface area is 180 Å². The van der Waals surface area contributed by atoms with Gasteiger partial charge in [-0.25, -0.2) is 5.48 Å².